The minimum Gasteiger partial charge on any atom is -0.481 e. The summed E-state index contributed by atoms with van der Waals surface area (Å²) < 4.78 is 0. The van der Waals surface area contributed by atoms with Gasteiger partial charge in [0.2, 0.25) is 0 Å². The highest BCUT2D eigenvalue weighted by atomic mass is 16.4. The third kappa shape index (κ3) is 3.27. The van der Waals surface area contributed by atoms with Gasteiger partial charge in [0.1, 0.15) is 6.33 Å². The summed E-state index contributed by atoms with van der Waals surface area (Å²) >= 11 is 0. The molecule has 1 amide bonds. The Hall–Kier alpha value is -1.98. The molecule has 6 nitrogen and oxygen atoms in total. The highest BCUT2D eigenvalue weighted by Gasteiger charge is 2.25. The molecule has 0 atom stereocenters. The number of aryl methyl sites for hydroxylation is 1. The number of carboxylic acids is 1. The predicted molar refractivity (Wildman–Crippen MR) is 67.6 cm³/mol. The number of aliphatic carboxylic acids is 1. The molecule has 0 aliphatic carbocycles. The molecule has 0 unspecified atom stereocenters. The number of carbonyl (C=O) groups is 2. The van der Waals surface area contributed by atoms with Crippen molar-refractivity contribution in [3.63, 3.8) is 0 Å². The summed E-state index contributed by atoms with van der Waals surface area (Å²) in [6.45, 7) is 2.99. The minimum atomic E-state index is -0.767. The summed E-state index contributed by atoms with van der Waals surface area (Å²) in [6.07, 6.45) is 4.63. The van der Waals surface area contributed by atoms with Gasteiger partial charge in [0.15, 0.2) is 0 Å². The van der Waals surface area contributed by atoms with E-state index in [0.717, 1.165) is 12.8 Å². The van der Waals surface area contributed by atoms with Crippen LogP contribution >= 0.6 is 0 Å². The van der Waals surface area contributed by atoms with Crippen molar-refractivity contribution in [2.45, 2.75) is 26.2 Å². The normalized spacial score (nSPS) is 16.4. The van der Waals surface area contributed by atoms with Crippen molar-refractivity contribution < 1.29 is 14.7 Å². The molecule has 19 heavy (non-hydrogen) atoms. The van der Waals surface area contributed by atoms with Crippen LogP contribution in [0.1, 0.15) is 35.3 Å². The van der Waals surface area contributed by atoms with Crippen LogP contribution in [0.3, 0.4) is 0 Å². The number of nitrogens with zero attached hydrogens (tertiary/aromatic N) is 3. The lowest BCUT2D eigenvalue weighted by atomic mass is 9.93. The second-order valence-electron chi connectivity index (χ2n) is 4.86. The van der Waals surface area contributed by atoms with Gasteiger partial charge < -0.3 is 10.0 Å². The molecule has 102 valence electrons. The molecular weight excluding hydrogens is 246 g/mol. The summed E-state index contributed by atoms with van der Waals surface area (Å²) in [4.78, 5) is 32.6. The molecule has 6 heteroatoms. The van der Waals surface area contributed by atoms with Crippen LogP contribution in [0.15, 0.2) is 12.5 Å². The Kier molecular flexibility index (Phi) is 4.09. The van der Waals surface area contributed by atoms with E-state index in [1.807, 2.05) is 0 Å². The molecule has 1 saturated heterocycles. The van der Waals surface area contributed by atoms with Gasteiger partial charge in [0.05, 0.1) is 11.3 Å². The molecule has 1 aromatic rings. The van der Waals surface area contributed by atoms with Crippen LogP contribution in [0.5, 0.6) is 0 Å². The average Bonchev–Trinajstić information content (AvgIpc) is 2.39. The number of piperidine rings is 1. The third-order valence-corrected chi connectivity index (χ3v) is 3.51. The molecule has 2 heterocycles. The van der Waals surface area contributed by atoms with Crippen molar-refractivity contribution in [3.05, 3.63) is 23.8 Å². The Morgan fingerprint density at radius 2 is 2.11 bits per heavy atom. The Labute approximate surface area is 111 Å². The Morgan fingerprint density at radius 3 is 2.68 bits per heavy atom. The Bertz CT molecular complexity index is 482. The molecule has 1 aliphatic heterocycles. The topological polar surface area (TPSA) is 83.4 Å². The third-order valence-electron chi connectivity index (χ3n) is 3.51. The van der Waals surface area contributed by atoms with Gasteiger partial charge in [-0.1, -0.05) is 0 Å². The second kappa shape index (κ2) is 5.77. The second-order valence-corrected chi connectivity index (χ2v) is 4.86. The maximum atomic E-state index is 12.3. The largest absolute Gasteiger partial charge is 0.481 e. The van der Waals surface area contributed by atoms with Gasteiger partial charge in [-0.05, 0) is 25.7 Å². The van der Waals surface area contributed by atoms with Gasteiger partial charge >= 0.3 is 5.97 Å². The zero-order chi connectivity index (χ0) is 13.8. The van der Waals surface area contributed by atoms with Crippen LogP contribution in [-0.4, -0.2) is 44.9 Å². The molecule has 1 fully saturated rings. The van der Waals surface area contributed by atoms with E-state index in [4.69, 9.17) is 5.11 Å². The van der Waals surface area contributed by atoms with E-state index in [1.165, 1.54) is 12.5 Å². The fourth-order valence-electron chi connectivity index (χ4n) is 2.36. The summed E-state index contributed by atoms with van der Waals surface area (Å²) in [5.41, 5.74) is 1.20. The number of carbonyl (C=O) groups excluding carboxylic acids is 1. The van der Waals surface area contributed by atoms with Gasteiger partial charge in [-0.25, -0.2) is 9.97 Å². The molecule has 2 rings (SSSR count). The van der Waals surface area contributed by atoms with Gasteiger partial charge in [-0.3, -0.25) is 9.59 Å². The minimum absolute atomic E-state index is 0.0631. The average molecular weight is 263 g/mol. The van der Waals surface area contributed by atoms with E-state index in [2.05, 4.69) is 9.97 Å². The lowest BCUT2D eigenvalue weighted by Crippen LogP contribution is -2.39. The van der Waals surface area contributed by atoms with Crippen LogP contribution in [0.2, 0.25) is 0 Å². The lowest BCUT2D eigenvalue weighted by molar-refractivity contribution is -0.138. The van der Waals surface area contributed by atoms with E-state index in [9.17, 15) is 9.59 Å². The fraction of sp³-hybridized carbons (Fsp3) is 0.538. The maximum Gasteiger partial charge on any atom is 0.303 e. The number of likely N-dealkylation sites (tertiary alicyclic amines) is 1. The van der Waals surface area contributed by atoms with Crippen molar-refractivity contribution in [3.8, 4) is 0 Å². The molecule has 0 spiro atoms. The SMILES string of the molecule is Cc1ncncc1C(=O)N1CCC(CC(=O)O)CC1. The zero-order valence-electron chi connectivity index (χ0n) is 10.9. The van der Waals surface area contributed by atoms with Gasteiger partial charge in [0, 0.05) is 25.7 Å². The first-order valence-electron chi connectivity index (χ1n) is 6.35. The number of hydrogen-bond acceptors (Lipinski definition) is 4. The lowest BCUT2D eigenvalue weighted by Gasteiger charge is -2.31. The number of hydrogen-bond donors (Lipinski definition) is 1. The number of carboxylic acid groups (broad SMARTS) is 1. The predicted octanol–water partition coefficient (Wildman–Crippen LogP) is 1.11. The van der Waals surface area contributed by atoms with E-state index < -0.39 is 5.97 Å². The first-order valence-corrected chi connectivity index (χ1v) is 6.35. The molecule has 1 aromatic heterocycles. The molecule has 0 aromatic carbocycles. The molecule has 0 saturated carbocycles. The molecule has 0 bridgehead atoms. The monoisotopic (exact) mass is 263 g/mol. The van der Waals surface area contributed by atoms with Crippen LogP contribution in [0.4, 0.5) is 0 Å². The number of amides is 1. The van der Waals surface area contributed by atoms with Crippen molar-refractivity contribution in [2.75, 3.05) is 13.1 Å². The number of aromatic nitrogens is 2. The summed E-state index contributed by atoms with van der Waals surface area (Å²) in [5, 5.41) is 8.76. The van der Waals surface area contributed by atoms with Gasteiger partial charge in [-0.2, -0.15) is 0 Å². The van der Waals surface area contributed by atoms with E-state index >= 15 is 0 Å². The summed E-state index contributed by atoms with van der Waals surface area (Å²) in [6, 6.07) is 0. The zero-order valence-corrected chi connectivity index (χ0v) is 10.9. The standard InChI is InChI=1S/C13H17N3O3/c1-9-11(7-14-8-15-9)13(19)16-4-2-10(3-5-16)6-12(17)18/h7-8,10H,2-6H2,1H3,(H,17,18). The number of rotatable bonds is 3. The van der Waals surface area contributed by atoms with Crippen molar-refractivity contribution in [1.29, 1.82) is 0 Å². The van der Waals surface area contributed by atoms with Gasteiger partial charge in [-0.15, -0.1) is 0 Å². The Morgan fingerprint density at radius 1 is 1.42 bits per heavy atom. The van der Waals surface area contributed by atoms with Crippen molar-refractivity contribution in [2.24, 2.45) is 5.92 Å². The molecule has 1 aliphatic rings. The molecule has 1 N–H and O–H groups in total. The molecule has 0 radical (unpaired) electrons. The first kappa shape index (κ1) is 13.5. The van der Waals surface area contributed by atoms with E-state index in [1.54, 1.807) is 11.8 Å². The smallest absolute Gasteiger partial charge is 0.303 e. The highest BCUT2D eigenvalue weighted by Crippen LogP contribution is 2.22. The molecular formula is C13H17N3O3. The van der Waals surface area contributed by atoms with Crippen LogP contribution in [-0.2, 0) is 4.79 Å². The van der Waals surface area contributed by atoms with E-state index in [-0.39, 0.29) is 18.2 Å². The van der Waals surface area contributed by atoms with Crippen molar-refractivity contribution in [1.82, 2.24) is 14.9 Å². The summed E-state index contributed by atoms with van der Waals surface area (Å²) in [7, 11) is 0. The quantitative estimate of drug-likeness (QED) is 0.883. The van der Waals surface area contributed by atoms with Gasteiger partial charge in [0.25, 0.3) is 5.91 Å². The van der Waals surface area contributed by atoms with Crippen LogP contribution < -0.4 is 0 Å². The Balaban J connectivity index is 1.96. The fourth-order valence-corrected chi connectivity index (χ4v) is 2.36. The van der Waals surface area contributed by atoms with Crippen molar-refractivity contribution >= 4 is 11.9 Å². The first-order chi connectivity index (χ1) is 9.08. The van der Waals surface area contributed by atoms with E-state index in [0.29, 0.717) is 24.3 Å². The highest BCUT2D eigenvalue weighted by molar-refractivity contribution is 5.94. The maximum absolute atomic E-state index is 12.3. The van der Waals surface area contributed by atoms with Crippen LogP contribution in [0.25, 0.3) is 0 Å². The summed E-state index contributed by atoms with van der Waals surface area (Å²) in [5.74, 6) is -0.654. The van der Waals surface area contributed by atoms with Crippen LogP contribution in [0, 0.1) is 12.8 Å².